The molecule has 0 aromatic heterocycles. The SMILES string of the molecule is CC(=O)C1=NC23SC=CC2=NC=CC3N1[C@H]1CC[C@H](CC#N)OC1. The maximum atomic E-state index is 12.2. The molecule has 0 N–H and O–H groups in total. The molecule has 0 aromatic carbocycles. The van der Waals surface area contributed by atoms with Gasteiger partial charge in [-0.15, -0.1) is 0 Å². The molecule has 0 aliphatic carbocycles. The van der Waals surface area contributed by atoms with E-state index in [1.807, 2.05) is 23.8 Å². The molecule has 0 saturated carbocycles. The van der Waals surface area contributed by atoms with Gasteiger partial charge in [-0.25, -0.2) is 4.99 Å². The number of rotatable bonds is 3. The van der Waals surface area contributed by atoms with Crippen LogP contribution in [0.1, 0.15) is 26.2 Å². The van der Waals surface area contributed by atoms with Crippen LogP contribution >= 0.6 is 11.8 Å². The number of nitrogens with zero attached hydrogens (tertiary/aromatic N) is 4. The number of hydrogen-bond acceptors (Lipinski definition) is 7. The molecule has 4 heterocycles. The maximum absolute atomic E-state index is 12.2. The van der Waals surface area contributed by atoms with Crippen molar-refractivity contribution in [1.29, 1.82) is 5.26 Å². The molecule has 7 heteroatoms. The standard InChI is InChI=1S/C17H18N4O2S/c1-11(22)16-20-17-14(6-9-24-17)19-8-5-15(17)21(16)12-2-3-13(4-7-18)23-10-12/h5-6,8-9,12-13,15H,2-4,10H2,1H3/t12-,13+,15?,17?/m0/s1. The first-order chi connectivity index (χ1) is 11.7. The zero-order valence-electron chi connectivity index (χ0n) is 13.4. The summed E-state index contributed by atoms with van der Waals surface area (Å²) in [6.45, 7) is 2.08. The molecule has 4 aliphatic rings. The Morgan fingerprint density at radius 1 is 1.58 bits per heavy atom. The molecule has 24 heavy (non-hydrogen) atoms. The third-order valence-corrected chi connectivity index (χ3v) is 6.09. The van der Waals surface area contributed by atoms with Crippen LogP contribution in [0.2, 0.25) is 0 Å². The van der Waals surface area contributed by atoms with Crippen LogP contribution in [-0.4, -0.2) is 51.9 Å². The summed E-state index contributed by atoms with van der Waals surface area (Å²) in [5.41, 5.74) is 0.903. The summed E-state index contributed by atoms with van der Waals surface area (Å²) >= 11 is 1.61. The normalized spacial score (nSPS) is 36.7. The minimum atomic E-state index is -0.529. The fraction of sp³-hybridized carbons (Fsp3) is 0.529. The first kappa shape index (κ1) is 15.6. The number of thioether (sulfide) groups is 1. The molecular formula is C17H18N4O2S. The second-order valence-electron chi connectivity index (χ2n) is 6.37. The largest absolute Gasteiger partial charge is 0.375 e. The first-order valence-corrected chi connectivity index (χ1v) is 9.00. The number of aliphatic imine (C=N–C) groups is 2. The molecule has 6 nitrogen and oxygen atoms in total. The van der Waals surface area contributed by atoms with Gasteiger partial charge in [-0.05, 0) is 30.4 Å². The van der Waals surface area contributed by atoms with Crippen LogP contribution in [0.5, 0.6) is 0 Å². The average Bonchev–Trinajstić information content (AvgIpc) is 3.14. The predicted octanol–water partition coefficient (Wildman–Crippen LogP) is 2.04. The van der Waals surface area contributed by atoms with Gasteiger partial charge in [-0.1, -0.05) is 11.8 Å². The molecule has 4 aliphatic heterocycles. The zero-order valence-corrected chi connectivity index (χ0v) is 14.2. The fourth-order valence-corrected chi connectivity index (χ4v) is 4.90. The third kappa shape index (κ3) is 2.25. The maximum Gasteiger partial charge on any atom is 0.194 e. The molecule has 0 bridgehead atoms. The highest BCUT2D eigenvalue weighted by atomic mass is 32.2. The lowest BCUT2D eigenvalue weighted by Gasteiger charge is -2.41. The van der Waals surface area contributed by atoms with Crippen LogP contribution in [0.15, 0.2) is 33.7 Å². The minimum absolute atomic E-state index is 0.00192. The number of nitriles is 1. The van der Waals surface area contributed by atoms with E-state index in [9.17, 15) is 4.79 Å². The Morgan fingerprint density at radius 2 is 2.46 bits per heavy atom. The van der Waals surface area contributed by atoms with Gasteiger partial charge in [0.25, 0.3) is 0 Å². The van der Waals surface area contributed by atoms with E-state index in [2.05, 4.69) is 16.0 Å². The van der Waals surface area contributed by atoms with Crippen molar-refractivity contribution in [3.8, 4) is 6.07 Å². The molecular weight excluding hydrogens is 324 g/mol. The van der Waals surface area contributed by atoms with E-state index < -0.39 is 4.87 Å². The Morgan fingerprint density at radius 3 is 3.17 bits per heavy atom. The number of hydrogen-bond donors (Lipinski definition) is 0. The summed E-state index contributed by atoms with van der Waals surface area (Å²) in [7, 11) is 0. The topological polar surface area (TPSA) is 78.0 Å². The highest BCUT2D eigenvalue weighted by molar-refractivity contribution is 8.04. The van der Waals surface area contributed by atoms with Gasteiger partial charge < -0.3 is 9.64 Å². The van der Waals surface area contributed by atoms with Gasteiger partial charge in [0.1, 0.15) is 0 Å². The molecule has 0 aromatic rings. The molecule has 0 amide bonds. The van der Waals surface area contributed by atoms with Crippen molar-refractivity contribution >= 4 is 29.1 Å². The molecule has 0 radical (unpaired) electrons. The van der Waals surface area contributed by atoms with E-state index in [4.69, 9.17) is 15.0 Å². The molecule has 4 atom stereocenters. The Kier molecular flexibility index (Phi) is 3.82. The van der Waals surface area contributed by atoms with Gasteiger partial charge in [-0.2, -0.15) is 5.26 Å². The van der Waals surface area contributed by atoms with E-state index in [-0.39, 0.29) is 24.0 Å². The van der Waals surface area contributed by atoms with E-state index in [0.717, 1.165) is 18.6 Å². The predicted molar refractivity (Wildman–Crippen MR) is 92.8 cm³/mol. The number of carbonyl (C=O) groups excluding carboxylic acids is 1. The highest BCUT2D eigenvalue weighted by Gasteiger charge is 2.56. The van der Waals surface area contributed by atoms with Gasteiger partial charge >= 0.3 is 0 Å². The van der Waals surface area contributed by atoms with Gasteiger partial charge in [0.2, 0.25) is 0 Å². The Hall–Kier alpha value is -1.91. The smallest absolute Gasteiger partial charge is 0.194 e. The highest BCUT2D eigenvalue weighted by Crippen LogP contribution is 2.48. The minimum Gasteiger partial charge on any atom is -0.375 e. The van der Waals surface area contributed by atoms with E-state index in [1.54, 1.807) is 18.7 Å². The van der Waals surface area contributed by atoms with E-state index in [1.165, 1.54) is 0 Å². The number of carbonyl (C=O) groups is 1. The lowest BCUT2D eigenvalue weighted by Crippen LogP contribution is -2.55. The van der Waals surface area contributed by atoms with Crippen molar-refractivity contribution in [2.24, 2.45) is 9.98 Å². The van der Waals surface area contributed by atoms with E-state index >= 15 is 0 Å². The monoisotopic (exact) mass is 342 g/mol. The molecule has 2 unspecified atom stereocenters. The summed E-state index contributed by atoms with van der Waals surface area (Å²) in [4.78, 5) is 23.1. The lowest BCUT2D eigenvalue weighted by molar-refractivity contribution is -0.112. The first-order valence-electron chi connectivity index (χ1n) is 8.12. The van der Waals surface area contributed by atoms with Gasteiger partial charge in [0.15, 0.2) is 16.5 Å². The summed E-state index contributed by atoms with van der Waals surface area (Å²) in [5, 5.41) is 10.8. The second-order valence-corrected chi connectivity index (χ2v) is 7.50. The quantitative estimate of drug-likeness (QED) is 0.784. The van der Waals surface area contributed by atoms with Crippen LogP contribution in [0.4, 0.5) is 0 Å². The van der Waals surface area contributed by atoms with Crippen molar-refractivity contribution in [2.45, 2.75) is 49.2 Å². The van der Waals surface area contributed by atoms with Crippen molar-refractivity contribution in [1.82, 2.24) is 4.90 Å². The van der Waals surface area contributed by atoms with Crippen molar-refractivity contribution in [2.75, 3.05) is 6.61 Å². The van der Waals surface area contributed by atoms with Crippen LogP contribution in [0.25, 0.3) is 0 Å². The number of ether oxygens (including phenoxy) is 1. The number of Topliss-reactive ketones (excluding diaryl/α,β-unsaturated/α-hetero) is 1. The average molecular weight is 342 g/mol. The van der Waals surface area contributed by atoms with Crippen LogP contribution in [-0.2, 0) is 9.53 Å². The van der Waals surface area contributed by atoms with Crippen molar-refractivity contribution in [3.63, 3.8) is 0 Å². The molecule has 1 saturated heterocycles. The zero-order chi connectivity index (χ0) is 16.7. The molecule has 4 rings (SSSR count). The Labute approximate surface area is 145 Å². The summed E-state index contributed by atoms with van der Waals surface area (Å²) in [6.07, 6.45) is 7.96. The van der Waals surface area contributed by atoms with E-state index in [0.29, 0.717) is 18.9 Å². The van der Waals surface area contributed by atoms with Crippen molar-refractivity contribution < 1.29 is 9.53 Å². The third-order valence-electron chi connectivity index (χ3n) is 4.91. The molecule has 1 fully saturated rings. The Bertz CT molecular complexity index is 727. The van der Waals surface area contributed by atoms with Crippen LogP contribution in [0, 0.1) is 11.3 Å². The van der Waals surface area contributed by atoms with Crippen LogP contribution in [0.3, 0.4) is 0 Å². The molecule has 124 valence electrons. The number of ketones is 1. The fourth-order valence-electron chi connectivity index (χ4n) is 3.79. The summed E-state index contributed by atoms with van der Waals surface area (Å²) < 4.78 is 5.85. The van der Waals surface area contributed by atoms with Crippen LogP contribution < -0.4 is 0 Å². The number of amidine groups is 1. The summed E-state index contributed by atoms with van der Waals surface area (Å²) in [5.74, 6) is 0.487. The van der Waals surface area contributed by atoms with Gasteiger partial charge in [0, 0.05) is 13.1 Å². The summed E-state index contributed by atoms with van der Waals surface area (Å²) in [6, 6.07) is 2.24. The lowest BCUT2D eigenvalue weighted by atomic mass is 9.96. The Balaban J connectivity index is 1.63. The van der Waals surface area contributed by atoms with Gasteiger partial charge in [-0.3, -0.25) is 9.79 Å². The molecule has 1 spiro atoms. The van der Waals surface area contributed by atoms with Gasteiger partial charge in [0.05, 0.1) is 43.0 Å². The second kappa shape index (κ2) is 5.87. The van der Waals surface area contributed by atoms with Crippen molar-refractivity contribution in [3.05, 3.63) is 23.8 Å².